The maximum Gasteiger partial charge on any atom is 0.626 e. The molecule has 0 amide bonds. The Balaban J connectivity index is 2.11. The number of rotatable bonds is 9. The lowest BCUT2D eigenvalue weighted by Gasteiger charge is -2.34. The molecule has 0 aliphatic rings. The molecule has 0 aliphatic carbocycles. The van der Waals surface area contributed by atoms with Crippen LogP contribution in [-0.2, 0) is 9.00 Å². The van der Waals surface area contributed by atoms with E-state index in [1.54, 1.807) is 0 Å². The van der Waals surface area contributed by atoms with E-state index in [0.717, 1.165) is 28.4 Å². The normalized spacial score (nSPS) is 11.3. The summed E-state index contributed by atoms with van der Waals surface area (Å²) in [6.07, 6.45) is 1.89. The zero-order valence-corrected chi connectivity index (χ0v) is 16.6. The van der Waals surface area contributed by atoms with Crippen molar-refractivity contribution in [3.05, 3.63) is 91.0 Å². The van der Waals surface area contributed by atoms with E-state index >= 15 is 0 Å². The molecule has 0 unspecified atom stereocenters. The minimum absolute atomic E-state index is 0.473. The van der Waals surface area contributed by atoms with Crippen molar-refractivity contribution < 1.29 is 14.0 Å². The Hall–Kier alpha value is -2.18. The van der Waals surface area contributed by atoms with E-state index in [-0.39, 0.29) is 0 Å². The van der Waals surface area contributed by atoms with E-state index in [0.29, 0.717) is 6.61 Å². The fraction of sp³-hybridized carbons (Fsp3) is 0.182. The molecule has 3 aromatic rings. The fourth-order valence-electron chi connectivity index (χ4n) is 3.24. The van der Waals surface area contributed by atoms with Gasteiger partial charge in [-0.3, -0.25) is 0 Å². The minimum Gasteiger partial charge on any atom is -0.417 e. The summed E-state index contributed by atoms with van der Waals surface area (Å²) in [7, 11) is -4.20. The molecule has 0 fully saturated rings. The Morgan fingerprint density at radius 1 is 0.741 bits per heavy atom. The first-order chi connectivity index (χ1) is 13.3. The molecule has 1 N–H and O–H groups in total. The van der Waals surface area contributed by atoms with Gasteiger partial charge in [-0.1, -0.05) is 104 Å². The molecule has 5 heteroatoms. The molecule has 0 aliphatic heterocycles. The minimum atomic E-state index is -2.92. The van der Waals surface area contributed by atoms with Crippen LogP contribution in [0.4, 0.5) is 0 Å². The van der Waals surface area contributed by atoms with Gasteiger partial charge in [-0.15, -0.1) is 0 Å². The van der Waals surface area contributed by atoms with Gasteiger partial charge in [0.2, 0.25) is 0 Å². The SMILES string of the molecule is CCCCOB(O)O[Si](c1ccccc1)(c1ccccc1)c1ccccc1. The van der Waals surface area contributed by atoms with E-state index in [9.17, 15) is 5.02 Å². The van der Waals surface area contributed by atoms with Gasteiger partial charge in [0.1, 0.15) is 0 Å². The molecule has 0 atom stereocenters. The number of hydrogen-bond acceptors (Lipinski definition) is 3. The molecule has 0 heterocycles. The lowest BCUT2D eigenvalue weighted by Crippen LogP contribution is -2.71. The molecular formula is C22H25BO3Si. The molecule has 0 spiro atoms. The second-order valence-corrected chi connectivity index (χ2v) is 9.76. The second-order valence-electron chi connectivity index (χ2n) is 6.43. The predicted octanol–water partition coefficient (Wildman–Crippen LogP) is 2.46. The summed E-state index contributed by atoms with van der Waals surface area (Å²) >= 11 is 0. The number of hydrogen-bond donors (Lipinski definition) is 1. The fourth-order valence-corrected chi connectivity index (χ4v) is 7.00. The predicted molar refractivity (Wildman–Crippen MR) is 114 cm³/mol. The van der Waals surface area contributed by atoms with Crippen LogP contribution in [0.15, 0.2) is 91.0 Å². The van der Waals surface area contributed by atoms with Crippen molar-refractivity contribution >= 4 is 31.2 Å². The van der Waals surface area contributed by atoms with Gasteiger partial charge in [-0.2, -0.15) is 0 Å². The van der Waals surface area contributed by atoms with E-state index in [1.165, 1.54) is 0 Å². The van der Waals surface area contributed by atoms with Crippen molar-refractivity contribution in [2.24, 2.45) is 0 Å². The van der Waals surface area contributed by atoms with Crippen LogP contribution in [0.2, 0.25) is 0 Å². The molecule has 27 heavy (non-hydrogen) atoms. The van der Waals surface area contributed by atoms with Crippen molar-refractivity contribution in [2.45, 2.75) is 19.8 Å². The maximum absolute atomic E-state index is 10.6. The monoisotopic (exact) mass is 376 g/mol. The molecule has 0 bridgehead atoms. The lowest BCUT2D eigenvalue weighted by atomic mass is 10.2. The highest BCUT2D eigenvalue weighted by Gasteiger charge is 2.45. The highest BCUT2D eigenvalue weighted by molar-refractivity contribution is 7.09. The van der Waals surface area contributed by atoms with Gasteiger partial charge in [-0.25, -0.2) is 0 Å². The molecule has 3 nitrogen and oxygen atoms in total. The molecule has 3 rings (SSSR count). The molecule has 0 aromatic heterocycles. The summed E-state index contributed by atoms with van der Waals surface area (Å²) < 4.78 is 12.0. The zero-order valence-electron chi connectivity index (χ0n) is 15.6. The van der Waals surface area contributed by atoms with Gasteiger partial charge < -0.3 is 14.0 Å². The van der Waals surface area contributed by atoms with Crippen molar-refractivity contribution in [1.29, 1.82) is 0 Å². The average Bonchev–Trinajstić information content (AvgIpc) is 2.74. The highest BCUT2D eigenvalue weighted by Crippen LogP contribution is 2.11. The first-order valence-corrected chi connectivity index (χ1v) is 11.3. The molecule has 0 saturated carbocycles. The van der Waals surface area contributed by atoms with Crippen LogP contribution in [0.3, 0.4) is 0 Å². The van der Waals surface area contributed by atoms with Crippen LogP contribution in [-0.4, -0.2) is 27.3 Å². The highest BCUT2D eigenvalue weighted by atomic mass is 28.4. The maximum atomic E-state index is 10.6. The van der Waals surface area contributed by atoms with Crippen LogP contribution in [0.5, 0.6) is 0 Å². The smallest absolute Gasteiger partial charge is 0.417 e. The van der Waals surface area contributed by atoms with Crippen LogP contribution in [0, 0.1) is 0 Å². The van der Waals surface area contributed by atoms with Gasteiger partial charge in [-0.05, 0) is 22.0 Å². The van der Waals surface area contributed by atoms with Crippen LogP contribution in [0.1, 0.15) is 19.8 Å². The van der Waals surface area contributed by atoms with E-state index in [2.05, 4.69) is 43.3 Å². The summed E-state index contributed by atoms with van der Waals surface area (Å²) in [5.41, 5.74) is 0. The number of unbranched alkanes of at least 4 members (excludes halogenated alkanes) is 1. The van der Waals surface area contributed by atoms with Gasteiger partial charge in [0.25, 0.3) is 8.32 Å². The van der Waals surface area contributed by atoms with Crippen molar-refractivity contribution in [2.75, 3.05) is 6.61 Å². The van der Waals surface area contributed by atoms with Gasteiger partial charge in [0.15, 0.2) is 0 Å². The summed E-state index contributed by atoms with van der Waals surface area (Å²) in [4.78, 5) is 0. The topological polar surface area (TPSA) is 38.7 Å². The first kappa shape index (κ1) is 19.6. The summed E-state index contributed by atoms with van der Waals surface area (Å²) in [6.45, 7) is 2.56. The Morgan fingerprint density at radius 2 is 1.15 bits per heavy atom. The van der Waals surface area contributed by atoms with E-state index in [4.69, 9.17) is 9.00 Å². The standard InChI is InChI=1S/C22H25BO3Si/c1-2-3-19-25-23(24)26-27(20-13-7-4-8-14-20,21-15-9-5-10-16-21)22-17-11-6-12-18-22/h4-18,24H,2-3,19H2,1H3. The van der Waals surface area contributed by atoms with Crippen LogP contribution in [0.25, 0.3) is 0 Å². The summed E-state index contributed by atoms with van der Waals surface area (Å²) in [6, 6.07) is 30.5. The average molecular weight is 376 g/mol. The first-order valence-electron chi connectivity index (χ1n) is 9.41. The molecule has 3 aromatic carbocycles. The lowest BCUT2D eigenvalue weighted by molar-refractivity contribution is 0.191. The largest absolute Gasteiger partial charge is 0.626 e. The van der Waals surface area contributed by atoms with Crippen LogP contribution >= 0.6 is 0 Å². The third-order valence-electron chi connectivity index (χ3n) is 4.58. The van der Waals surface area contributed by atoms with Crippen molar-refractivity contribution in [3.63, 3.8) is 0 Å². The Morgan fingerprint density at radius 3 is 1.52 bits per heavy atom. The summed E-state index contributed by atoms with van der Waals surface area (Å²) in [5.74, 6) is 0. The van der Waals surface area contributed by atoms with E-state index < -0.39 is 15.6 Å². The Kier molecular flexibility index (Phi) is 7.01. The third kappa shape index (κ3) is 4.57. The number of benzene rings is 3. The zero-order chi connectivity index (χ0) is 19.0. The van der Waals surface area contributed by atoms with Gasteiger partial charge in [0.05, 0.1) is 0 Å². The van der Waals surface area contributed by atoms with E-state index in [1.807, 2.05) is 54.6 Å². The van der Waals surface area contributed by atoms with Crippen LogP contribution < -0.4 is 15.6 Å². The van der Waals surface area contributed by atoms with Crippen molar-refractivity contribution in [3.8, 4) is 0 Å². The summed E-state index contributed by atoms with van der Waals surface area (Å²) in [5, 5.41) is 13.8. The Bertz CT molecular complexity index is 703. The van der Waals surface area contributed by atoms with Crippen molar-refractivity contribution in [1.82, 2.24) is 0 Å². The Labute approximate surface area is 162 Å². The molecule has 0 radical (unpaired) electrons. The molecule has 138 valence electrons. The molecule has 0 saturated heterocycles. The molecular weight excluding hydrogens is 351 g/mol. The van der Waals surface area contributed by atoms with Gasteiger partial charge in [0, 0.05) is 6.61 Å². The third-order valence-corrected chi connectivity index (χ3v) is 8.57. The van der Waals surface area contributed by atoms with Gasteiger partial charge >= 0.3 is 7.32 Å². The quantitative estimate of drug-likeness (QED) is 0.354. The second kappa shape index (κ2) is 9.67.